The van der Waals surface area contributed by atoms with Crippen molar-refractivity contribution in [2.24, 2.45) is 35.5 Å². The van der Waals surface area contributed by atoms with E-state index in [1.54, 1.807) is 27.8 Å². The minimum absolute atomic E-state index is 0.0278. The smallest absolute Gasteiger partial charge is 0.334 e. The van der Waals surface area contributed by atoms with Crippen molar-refractivity contribution < 1.29 is 100 Å². The van der Waals surface area contributed by atoms with Crippen molar-refractivity contribution in [2.45, 2.75) is 132 Å². The minimum Gasteiger partial charge on any atom is -0.465 e. The van der Waals surface area contributed by atoms with Crippen LogP contribution in [0.3, 0.4) is 0 Å². The lowest BCUT2D eigenvalue weighted by Gasteiger charge is -2.24. The Morgan fingerprint density at radius 3 is 1.79 bits per heavy atom. The molecule has 2 aromatic rings. The third kappa shape index (κ3) is 23.1. The fourth-order valence-corrected chi connectivity index (χ4v) is 9.42. The maximum Gasteiger partial charge on any atom is 0.334 e. The normalized spacial score (nSPS) is 27.0. The number of likely N-dealkylation sites (N-methyl/N-ethyl adjacent to an activating group) is 1. The molecule has 7 saturated heterocycles. The first-order chi connectivity index (χ1) is 40.7. The molecule has 0 radical (unpaired) electrons. The molecule has 23 nitrogen and oxygen atoms in total. The maximum atomic E-state index is 11.4. The molecule has 12 unspecified atom stereocenters. The Morgan fingerprint density at radius 1 is 0.733 bits per heavy atom. The zero-order valence-electron chi connectivity index (χ0n) is 51.2. The molecule has 0 aliphatic carbocycles. The number of hydrogen-bond acceptors (Lipinski definition) is 23. The molecule has 8 aliphatic heterocycles. The Labute approximate surface area is 511 Å². The Bertz CT molecular complexity index is 2670. The summed E-state index contributed by atoms with van der Waals surface area (Å²) in [5.41, 5.74) is 5.06. The van der Waals surface area contributed by atoms with E-state index in [0.29, 0.717) is 52.0 Å². The van der Waals surface area contributed by atoms with Gasteiger partial charge in [0, 0.05) is 48.8 Å². The summed E-state index contributed by atoms with van der Waals surface area (Å²) in [4.78, 5) is 119. The van der Waals surface area contributed by atoms with Crippen LogP contribution in [0.1, 0.15) is 100 Å². The van der Waals surface area contributed by atoms with E-state index < -0.39 is 29.2 Å². The van der Waals surface area contributed by atoms with Crippen molar-refractivity contribution in [1.82, 2.24) is 4.90 Å². The van der Waals surface area contributed by atoms with Gasteiger partial charge in [0.1, 0.15) is 36.7 Å². The lowest BCUT2D eigenvalue weighted by Crippen LogP contribution is -2.38. The second-order valence-corrected chi connectivity index (χ2v) is 22.3. The highest BCUT2D eigenvalue weighted by Gasteiger charge is 2.45. The number of thioether (sulfide) groups is 1. The molecule has 0 spiro atoms. The van der Waals surface area contributed by atoms with Crippen LogP contribution in [0.15, 0.2) is 60.2 Å². The number of carbonyl (C=O) groups is 11. The summed E-state index contributed by atoms with van der Waals surface area (Å²) in [6.45, 7) is 25.6. The summed E-state index contributed by atoms with van der Waals surface area (Å²) in [6.07, 6.45) is 0.592. The average molecular weight is 1250 g/mol. The van der Waals surface area contributed by atoms with Crippen LogP contribution in [-0.4, -0.2) is 171 Å². The number of cyclic esters (lactones) is 8. The molecule has 0 aromatic heterocycles. The van der Waals surface area contributed by atoms with E-state index in [-0.39, 0.29) is 120 Å². The Kier molecular flexibility index (Phi) is 31.5. The van der Waals surface area contributed by atoms with Crippen LogP contribution in [0.2, 0.25) is 0 Å². The van der Waals surface area contributed by atoms with Crippen molar-refractivity contribution in [3.05, 3.63) is 71.3 Å². The molecule has 86 heavy (non-hydrogen) atoms. The molecule has 8 heterocycles. The summed E-state index contributed by atoms with van der Waals surface area (Å²) in [5, 5.41) is 2.81. The van der Waals surface area contributed by atoms with Gasteiger partial charge in [-0.15, -0.1) is 11.6 Å². The molecule has 12 atom stereocenters. The molecule has 1 amide bonds. The molecule has 2 aromatic carbocycles. The highest BCUT2D eigenvalue weighted by Crippen LogP contribution is 2.29. The lowest BCUT2D eigenvalue weighted by molar-refractivity contribution is -0.153. The quantitative estimate of drug-likeness (QED) is 0.106. The van der Waals surface area contributed by atoms with Gasteiger partial charge in [-0.2, -0.15) is 0 Å². The zero-order valence-corrected chi connectivity index (χ0v) is 52.8. The molecule has 476 valence electrons. The maximum absolute atomic E-state index is 11.4. The van der Waals surface area contributed by atoms with E-state index in [9.17, 15) is 52.7 Å². The SMILES string of the molecule is CC1=C(c2cccc(C)c2)COC1=O.CC1C(=O)COC1=O.CC1C(=O)OCC1Nc1ccccc1.CC1CC(=O)OC1=O.CC1CCOC1=O.CC1COC(=O)C1Cl.CCOC(=O)C1CSC(=O)N1C.CCOC(C)C1OC(=O)C(C)C1OCC. The summed E-state index contributed by atoms with van der Waals surface area (Å²) in [7, 11) is 1.62. The number of benzene rings is 2. The van der Waals surface area contributed by atoms with Gasteiger partial charge in [0.15, 0.2) is 18.5 Å². The lowest BCUT2D eigenvalue weighted by atomic mass is 10.0. The number of ketones is 1. The first kappa shape index (κ1) is 73.4. The third-order valence-corrected chi connectivity index (χ3v) is 15.7. The fourth-order valence-electron chi connectivity index (χ4n) is 8.29. The van der Waals surface area contributed by atoms with E-state index in [4.69, 9.17) is 40.0 Å². The number of para-hydroxylation sites is 1. The molecule has 25 heteroatoms. The monoisotopic (exact) mass is 1250 g/mol. The van der Waals surface area contributed by atoms with E-state index in [2.05, 4.69) is 30.3 Å². The van der Waals surface area contributed by atoms with E-state index in [1.807, 2.05) is 111 Å². The summed E-state index contributed by atoms with van der Waals surface area (Å²) in [5.74, 6) is -2.58. The fraction of sp³-hybridized carbons (Fsp3) is 0.590. The zero-order chi connectivity index (χ0) is 64.4. The van der Waals surface area contributed by atoms with E-state index >= 15 is 0 Å². The second kappa shape index (κ2) is 37.0. The molecular formula is C61H83ClN2O21S. The van der Waals surface area contributed by atoms with Crippen LogP contribution in [0.25, 0.3) is 5.57 Å². The molecule has 10 rings (SSSR count). The molecule has 1 N–H and O–H groups in total. The number of ether oxygens (including phenoxy) is 10. The van der Waals surface area contributed by atoms with Crippen LogP contribution < -0.4 is 5.32 Å². The van der Waals surface area contributed by atoms with Gasteiger partial charge in [-0.1, -0.05) is 80.6 Å². The summed E-state index contributed by atoms with van der Waals surface area (Å²) >= 11 is 6.69. The molecule has 0 bridgehead atoms. The topological polar surface area (TPSA) is 295 Å². The van der Waals surface area contributed by atoms with Gasteiger partial charge in [0.25, 0.3) is 5.24 Å². The Hall–Kier alpha value is -6.89. The second-order valence-electron chi connectivity index (χ2n) is 20.9. The number of Topliss-reactive ketones (excluding diaryl/α,β-unsaturated/α-hetero) is 1. The first-order valence-corrected chi connectivity index (χ1v) is 29.9. The van der Waals surface area contributed by atoms with Gasteiger partial charge in [-0.05, 0) is 86.4 Å². The Balaban J connectivity index is 0.000000261. The number of nitrogens with zero attached hydrogens (tertiary/aromatic N) is 1. The number of amides is 1. The van der Waals surface area contributed by atoms with Crippen molar-refractivity contribution in [2.75, 3.05) is 71.0 Å². The molecule has 7 fully saturated rings. The number of alkyl halides is 1. The number of carbonyl (C=O) groups excluding carboxylic acids is 11. The number of halogens is 1. The number of anilines is 1. The van der Waals surface area contributed by atoms with E-state index in [1.165, 1.54) is 10.5 Å². The van der Waals surface area contributed by atoms with Crippen LogP contribution in [-0.2, 0) is 95.3 Å². The van der Waals surface area contributed by atoms with Crippen molar-refractivity contribution in [1.29, 1.82) is 0 Å². The third-order valence-electron chi connectivity index (χ3n) is 14.0. The average Bonchev–Trinajstić information content (AvgIpc) is 3.22. The predicted molar refractivity (Wildman–Crippen MR) is 315 cm³/mol. The number of aryl methyl sites for hydroxylation is 1. The number of hydrogen-bond donors (Lipinski definition) is 1. The van der Waals surface area contributed by atoms with Crippen LogP contribution in [0.5, 0.6) is 0 Å². The largest absolute Gasteiger partial charge is 0.465 e. The Morgan fingerprint density at radius 2 is 1.41 bits per heavy atom. The first-order valence-electron chi connectivity index (χ1n) is 28.5. The van der Waals surface area contributed by atoms with Crippen LogP contribution >= 0.6 is 23.4 Å². The predicted octanol–water partition coefficient (Wildman–Crippen LogP) is 7.28. The van der Waals surface area contributed by atoms with Gasteiger partial charge in [-0.25, -0.2) is 9.59 Å². The van der Waals surface area contributed by atoms with Gasteiger partial charge in [-0.3, -0.25) is 43.2 Å². The number of nitrogens with one attached hydrogen (secondary N) is 1. The van der Waals surface area contributed by atoms with Crippen LogP contribution in [0.4, 0.5) is 10.5 Å². The van der Waals surface area contributed by atoms with Gasteiger partial charge >= 0.3 is 53.7 Å². The standard InChI is InChI=1S/C12H12O2.C11H13NO2.C11H20O4.C7H11NO3S.C5H7ClO2.2C5H6O3.C5H8O2/c1-8-4-3-5-10(6-8)11-7-14-12(13)9(11)2;1-8-10(7-14-11(8)13)12-9-5-3-2-4-6-9;1-5-13-8(4)10-9(14-6-2)7(3)11(12)15-10;1-3-11-6(9)5-4-12-7(10)8(5)2;1-3-2-8-5(7)4(3)6;1-3-4(6)2-8-5(3)7;1-3-2-4(6)8-5(3)7;1-4-2-3-7-5(4)6/h3-6H,7H2,1-2H3;2-6,8,10,12H,7H2,1H3;7-10H,5-6H2,1-4H3;5H,3-4H2,1-2H3;3-4H,2H2,1H3;2*3H,2H2,1H3;4H,2-3H2,1H3. The van der Waals surface area contributed by atoms with Crippen LogP contribution in [0, 0.1) is 42.4 Å². The number of esters is 9. The summed E-state index contributed by atoms with van der Waals surface area (Å²) in [6, 6.07) is 17.7. The molecular weight excluding hydrogens is 1160 g/mol. The van der Waals surface area contributed by atoms with Crippen molar-refractivity contribution >= 4 is 99.4 Å². The number of rotatable bonds is 10. The van der Waals surface area contributed by atoms with E-state index in [0.717, 1.165) is 40.6 Å². The molecule has 0 saturated carbocycles. The highest BCUT2D eigenvalue weighted by atomic mass is 35.5. The van der Waals surface area contributed by atoms with Crippen molar-refractivity contribution in [3.63, 3.8) is 0 Å². The minimum atomic E-state index is -0.519. The van der Waals surface area contributed by atoms with Gasteiger partial charge < -0.3 is 57.6 Å². The summed E-state index contributed by atoms with van der Waals surface area (Å²) < 4.78 is 48.8. The molecule has 8 aliphatic rings. The van der Waals surface area contributed by atoms with Crippen molar-refractivity contribution in [3.8, 4) is 0 Å². The van der Waals surface area contributed by atoms with Gasteiger partial charge in [0.05, 0.1) is 62.1 Å². The highest BCUT2D eigenvalue weighted by molar-refractivity contribution is 8.13. The van der Waals surface area contributed by atoms with Gasteiger partial charge in [0.2, 0.25) is 0 Å².